The average Bonchev–Trinajstić information content (AvgIpc) is 2.92. The number of aliphatic hydroxyl groups is 1. The zero-order chi connectivity index (χ0) is 14.9. The van der Waals surface area contributed by atoms with Crippen LogP contribution in [0.2, 0.25) is 0 Å². The molecule has 6 heteroatoms. The number of aromatic nitrogens is 1. The van der Waals surface area contributed by atoms with Crippen LogP contribution in [-0.4, -0.2) is 29.3 Å². The molecule has 1 fully saturated rings. The molecule has 1 saturated heterocycles. The van der Waals surface area contributed by atoms with E-state index >= 15 is 0 Å². The summed E-state index contributed by atoms with van der Waals surface area (Å²) in [6.45, 7) is 6.55. The Morgan fingerprint density at radius 2 is 2.30 bits per heavy atom. The first kappa shape index (κ1) is 15.3. The van der Waals surface area contributed by atoms with Gasteiger partial charge in [0.05, 0.1) is 25.1 Å². The number of anilines is 1. The third-order valence-electron chi connectivity index (χ3n) is 3.19. The van der Waals surface area contributed by atoms with Gasteiger partial charge in [-0.3, -0.25) is 0 Å². The third-order valence-corrected chi connectivity index (χ3v) is 4.40. The van der Waals surface area contributed by atoms with E-state index in [-0.39, 0.29) is 18.6 Å². The number of nitrogens with zero attached hydrogens (tertiary/aromatic N) is 2. The number of carbonyl (C=O) groups is 1. The van der Waals surface area contributed by atoms with Crippen LogP contribution in [0.1, 0.15) is 38.5 Å². The van der Waals surface area contributed by atoms with Gasteiger partial charge < -0.3 is 9.84 Å². The van der Waals surface area contributed by atoms with Gasteiger partial charge in [-0.25, -0.2) is 14.3 Å². The molecule has 1 unspecified atom stereocenters. The summed E-state index contributed by atoms with van der Waals surface area (Å²) < 4.78 is 7.48. The molecule has 0 spiro atoms. The van der Waals surface area contributed by atoms with E-state index in [0.29, 0.717) is 0 Å². The summed E-state index contributed by atoms with van der Waals surface area (Å²) in [7, 11) is 1.94. The van der Waals surface area contributed by atoms with Crippen molar-refractivity contribution in [2.45, 2.75) is 51.9 Å². The van der Waals surface area contributed by atoms with Crippen LogP contribution in [0.15, 0.2) is 6.20 Å². The summed E-state index contributed by atoms with van der Waals surface area (Å²) >= 11 is 1.53. The zero-order valence-corrected chi connectivity index (χ0v) is 13.4. The number of hydrogen-bond acceptors (Lipinski definition) is 5. The standard InChI is InChI=1S/C14H23N2O3S/c1-14(2,3)19-12(18)11-6-5-7-16(11)13-15(4)8-10(9-17)20-13/h8,11,17H,5-7,9H2,1-4H3/q+1. The van der Waals surface area contributed by atoms with Crippen molar-refractivity contribution in [2.24, 2.45) is 7.05 Å². The molecular weight excluding hydrogens is 276 g/mol. The van der Waals surface area contributed by atoms with Crippen molar-refractivity contribution in [2.75, 3.05) is 11.4 Å². The van der Waals surface area contributed by atoms with Gasteiger partial charge in [0, 0.05) is 6.42 Å². The van der Waals surface area contributed by atoms with Gasteiger partial charge in [-0.05, 0) is 38.5 Å². The largest absolute Gasteiger partial charge is 0.457 e. The maximum atomic E-state index is 12.3. The Bertz CT molecular complexity index is 493. The number of aliphatic hydroxyl groups excluding tert-OH is 1. The predicted molar refractivity (Wildman–Crippen MR) is 77.6 cm³/mol. The first-order valence-electron chi connectivity index (χ1n) is 6.90. The molecule has 112 valence electrons. The minimum Gasteiger partial charge on any atom is -0.457 e. The molecule has 0 amide bonds. The third kappa shape index (κ3) is 3.30. The molecule has 0 saturated carbocycles. The van der Waals surface area contributed by atoms with E-state index in [1.807, 2.05) is 38.6 Å². The molecule has 1 aromatic heterocycles. The zero-order valence-electron chi connectivity index (χ0n) is 12.5. The number of rotatable bonds is 3. The molecule has 0 bridgehead atoms. The smallest absolute Gasteiger partial charge is 0.351 e. The maximum absolute atomic E-state index is 12.3. The van der Waals surface area contributed by atoms with Crippen molar-refractivity contribution < 1.29 is 19.2 Å². The van der Waals surface area contributed by atoms with E-state index in [4.69, 9.17) is 4.74 Å². The van der Waals surface area contributed by atoms with Crippen molar-refractivity contribution in [3.05, 3.63) is 11.1 Å². The number of aryl methyl sites for hydroxylation is 1. The number of esters is 1. The van der Waals surface area contributed by atoms with Gasteiger partial charge in [0.2, 0.25) is 0 Å². The number of thiazole rings is 1. The van der Waals surface area contributed by atoms with Crippen molar-refractivity contribution in [1.82, 2.24) is 0 Å². The Labute approximate surface area is 123 Å². The SMILES string of the molecule is C[n+]1cc(CO)sc1N1CCCC1C(=O)OC(C)(C)C. The molecule has 2 rings (SSSR count). The normalized spacial score (nSPS) is 19.4. The minimum atomic E-state index is -0.459. The lowest BCUT2D eigenvalue weighted by Crippen LogP contribution is -2.45. The fraction of sp³-hybridized carbons (Fsp3) is 0.714. The second kappa shape index (κ2) is 5.69. The number of carbonyl (C=O) groups excluding carboxylic acids is 1. The van der Waals surface area contributed by atoms with E-state index in [9.17, 15) is 9.90 Å². The highest BCUT2D eigenvalue weighted by molar-refractivity contribution is 7.15. The van der Waals surface area contributed by atoms with E-state index in [0.717, 1.165) is 29.4 Å². The Morgan fingerprint density at radius 1 is 1.60 bits per heavy atom. The predicted octanol–water partition coefficient (Wildman–Crippen LogP) is 1.38. The Morgan fingerprint density at radius 3 is 2.85 bits per heavy atom. The van der Waals surface area contributed by atoms with Crippen LogP contribution in [0.5, 0.6) is 0 Å². The molecule has 2 heterocycles. The van der Waals surface area contributed by atoms with E-state index in [1.165, 1.54) is 11.3 Å². The topological polar surface area (TPSA) is 53.7 Å². The highest BCUT2D eigenvalue weighted by atomic mass is 32.1. The first-order valence-corrected chi connectivity index (χ1v) is 7.72. The van der Waals surface area contributed by atoms with Gasteiger partial charge in [0.1, 0.15) is 11.8 Å². The molecule has 0 radical (unpaired) electrons. The van der Waals surface area contributed by atoms with Gasteiger partial charge in [0.15, 0.2) is 6.04 Å². The van der Waals surface area contributed by atoms with Crippen LogP contribution in [0, 0.1) is 0 Å². The average molecular weight is 299 g/mol. The molecule has 0 aromatic carbocycles. The lowest BCUT2D eigenvalue weighted by molar-refractivity contribution is -0.654. The minimum absolute atomic E-state index is 0.0312. The maximum Gasteiger partial charge on any atom is 0.351 e. The first-order chi connectivity index (χ1) is 9.31. The fourth-order valence-corrected chi connectivity index (χ4v) is 3.47. The number of hydrogen-bond donors (Lipinski definition) is 1. The molecule has 1 aliphatic rings. The summed E-state index contributed by atoms with van der Waals surface area (Å²) in [5.74, 6) is -0.158. The molecular formula is C14H23N2O3S+. The summed E-state index contributed by atoms with van der Waals surface area (Å²) in [6.07, 6.45) is 3.71. The fourth-order valence-electron chi connectivity index (χ4n) is 2.43. The summed E-state index contributed by atoms with van der Waals surface area (Å²) in [6, 6.07) is -0.217. The van der Waals surface area contributed by atoms with Gasteiger partial charge in [0.25, 0.3) is 0 Å². The van der Waals surface area contributed by atoms with Gasteiger partial charge in [-0.15, -0.1) is 0 Å². The van der Waals surface area contributed by atoms with Crippen molar-refractivity contribution in [3.63, 3.8) is 0 Å². The van der Waals surface area contributed by atoms with Gasteiger partial charge >= 0.3 is 11.1 Å². The van der Waals surface area contributed by atoms with Crippen molar-refractivity contribution >= 4 is 22.4 Å². The van der Waals surface area contributed by atoms with Crippen LogP contribution in [0.3, 0.4) is 0 Å². The molecule has 0 aliphatic carbocycles. The van der Waals surface area contributed by atoms with Crippen molar-refractivity contribution in [1.29, 1.82) is 0 Å². The summed E-state index contributed by atoms with van der Waals surface area (Å²) in [5.41, 5.74) is -0.459. The van der Waals surface area contributed by atoms with E-state index in [2.05, 4.69) is 4.90 Å². The highest BCUT2D eigenvalue weighted by Gasteiger charge is 2.41. The van der Waals surface area contributed by atoms with E-state index in [1.54, 1.807) is 0 Å². The molecule has 1 atom stereocenters. The monoisotopic (exact) mass is 299 g/mol. The van der Waals surface area contributed by atoms with Gasteiger partial charge in [-0.2, -0.15) is 0 Å². The molecule has 1 N–H and O–H groups in total. The highest BCUT2D eigenvalue weighted by Crippen LogP contribution is 2.29. The van der Waals surface area contributed by atoms with Crippen molar-refractivity contribution in [3.8, 4) is 0 Å². The Kier molecular flexibility index (Phi) is 4.34. The van der Waals surface area contributed by atoms with E-state index < -0.39 is 5.60 Å². The molecule has 1 aliphatic heterocycles. The van der Waals surface area contributed by atoms with Crippen LogP contribution in [-0.2, 0) is 23.2 Å². The molecule has 5 nitrogen and oxygen atoms in total. The molecule has 20 heavy (non-hydrogen) atoms. The second-order valence-corrected chi connectivity index (χ2v) is 7.23. The Hall–Kier alpha value is -1.14. The summed E-state index contributed by atoms with van der Waals surface area (Å²) in [5, 5.41) is 10.2. The van der Waals surface area contributed by atoms with Gasteiger partial charge in [-0.1, -0.05) is 0 Å². The quantitative estimate of drug-likeness (QED) is 0.677. The van der Waals surface area contributed by atoms with Crippen LogP contribution >= 0.6 is 11.3 Å². The summed E-state index contributed by atoms with van der Waals surface area (Å²) in [4.78, 5) is 15.3. The lowest BCUT2D eigenvalue weighted by atomic mass is 10.1. The molecule has 1 aromatic rings. The van der Waals surface area contributed by atoms with Crippen LogP contribution in [0.25, 0.3) is 0 Å². The lowest BCUT2D eigenvalue weighted by Gasteiger charge is -2.23. The van der Waals surface area contributed by atoms with Crippen LogP contribution < -0.4 is 9.47 Å². The number of ether oxygens (including phenoxy) is 1. The van der Waals surface area contributed by atoms with Crippen LogP contribution in [0.4, 0.5) is 5.13 Å². The second-order valence-electron chi connectivity index (χ2n) is 6.13. The Balaban J connectivity index is 2.18.